The van der Waals surface area contributed by atoms with Crippen LogP contribution in [0.4, 0.5) is 8.78 Å². The van der Waals surface area contributed by atoms with E-state index >= 15 is 0 Å². The third kappa shape index (κ3) is 4.49. The van der Waals surface area contributed by atoms with Gasteiger partial charge in [0.05, 0.1) is 5.75 Å². The summed E-state index contributed by atoms with van der Waals surface area (Å²) in [6.45, 7) is 3.67. The summed E-state index contributed by atoms with van der Waals surface area (Å²) in [4.78, 5) is 0. The molecule has 16 heavy (non-hydrogen) atoms. The zero-order valence-corrected chi connectivity index (χ0v) is 10.4. The number of hydrogen-bond donors (Lipinski definition) is 1. The van der Waals surface area contributed by atoms with Gasteiger partial charge in [0.2, 0.25) is 0 Å². The van der Waals surface area contributed by atoms with Crippen molar-refractivity contribution in [2.75, 3.05) is 11.5 Å². The van der Waals surface area contributed by atoms with Crippen molar-refractivity contribution in [2.45, 2.75) is 25.3 Å². The molecular formula is C12H17F2NS. The molecule has 0 saturated heterocycles. The summed E-state index contributed by atoms with van der Waals surface area (Å²) in [5, 5.41) is 0. The minimum Gasteiger partial charge on any atom is -0.325 e. The lowest BCUT2D eigenvalue weighted by atomic mass is 10.1. The first-order valence-electron chi connectivity index (χ1n) is 5.11. The van der Waals surface area contributed by atoms with Crippen molar-refractivity contribution >= 4 is 11.8 Å². The van der Waals surface area contributed by atoms with E-state index in [9.17, 15) is 8.78 Å². The molecule has 0 fully saturated rings. The van der Waals surface area contributed by atoms with Crippen LogP contribution in [0.5, 0.6) is 0 Å². The number of halogens is 2. The Kier molecular flexibility index (Phi) is 4.33. The fourth-order valence-electron chi connectivity index (χ4n) is 1.21. The Morgan fingerprint density at radius 2 is 1.69 bits per heavy atom. The molecule has 1 aromatic rings. The number of alkyl halides is 2. The molecule has 1 aromatic carbocycles. The molecule has 0 saturated carbocycles. The molecule has 0 atom stereocenters. The largest absolute Gasteiger partial charge is 0.325 e. The van der Waals surface area contributed by atoms with Gasteiger partial charge in [0, 0.05) is 16.9 Å². The molecule has 0 spiro atoms. The van der Waals surface area contributed by atoms with Crippen LogP contribution >= 0.6 is 11.8 Å². The van der Waals surface area contributed by atoms with Gasteiger partial charge in [-0.25, -0.2) is 8.78 Å². The van der Waals surface area contributed by atoms with Gasteiger partial charge in [0.25, 0.3) is 5.92 Å². The molecule has 4 heteroatoms. The van der Waals surface area contributed by atoms with Gasteiger partial charge in [0.1, 0.15) is 0 Å². The van der Waals surface area contributed by atoms with Crippen molar-refractivity contribution in [3.05, 3.63) is 35.9 Å². The molecule has 0 aromatic heterocycles. The maximum atomic E-state index is 13.7. The third-order valence-corrected chi connectivity index (χ3v) is 3.47. The smallest absolute Gasteiger partial charge is 0.282 e. The quantitative estimate of drug-likeness (QED) is 0.861. The molecule has 90 valence electrons. The molecule has 0 radical (unpaired) electrons. The Morgan fingerprint density at radius 1 is 1.12 bits per heavy atom. The van der Waals surface area contributed by atoms with E-state index in [1.807, 2.05) is 13.8 Å². The van der Waals surface area contributed by atoms with Gasteiger partial charge in [-0.15, -0.1) is 0 Å². The van der Waals surface area contributed by atoms with Crippen molar-refractivity contribution < 1.29 is 8.78 Å². The monoisotopic (exact) mass is 245 g/mol. The lowest BCUT2D eigenvalue weighted by Gasteiger charge is -2.21. The van der Waals surface area contributed by atoms with Crippen LogP contribution in [0, 0.1) is 0 Å². The van der Waals surface area contributed by atoms with E-state index in [4.69, 9.17) is 5.73 Å². The lowest BCUT2D eigenvalue weighted by molar-refractivity contribution is 0.0231. The van der Waals surface area contributed by atoms with Crippen LogP contribution in [-0.2, 0) is 5.92 Å². The standard InChI is InChI=1S/C12H17F2NS/c1-11(2,15)8-16-9-12(13,14)10-6-4-3-5-7-10/h3-7H,8-9,15H2,1-2H3. The van der Waals surface area contributed by atoms with Crippen LogP contribution in [0.15, 0.2) is 30.3 Å². The average Bonchev–Trinajstić information content (AvgIpc) is 2.17. The molecule has 0 bridgehead atoms. The first kappa shape index (κ1) is 13.5. The van der Waals surface area contributed by atoms with Crippen molar-refractivity contribution in [3.63, 3.8) is 0 Å². The summed E-state index contributed by atoms with van der Waals surface area (Å²) in [5.41, 5.74) is 5.40. The van der Waals surface area contributed by atoms with E-state index in [0.29, 0.717) is 5.75 Å². The summed E-state index contributed by atoms with van der Waals surface area (Å²) in [6, 6.07) is 7.89. The SMILES string of the molecule is CC(C)(N)CSCC(F)(F)c1ccccc1. The second kappa shape index (κ2) is 5.15. The normalized spacial score (nSPS) is 12.8. The topological polar surface area (TPSA) is 26.0 Å². The molecule has 0 amide bonds. The van der Waals surface area contributed by atoms with Gasteiger partial charge >= 0.3 is 0 Å². The predicted octanol–water partition coefficient (Wildman–Crippen LogP) is 3.25. The Hall–Kier alpha value is -0.610. The van der Waals surface area contributed by atoms with E-state index in [1.54, 1.807) is 18.2 Å². The van der Waals surface area contributed by atoms with Crippen molar-refractivity contribution in [1.29, 1.82) is 0 Å². The summed E-state index contributed by atoms with van der Waals surface area (Å²) in [6.07, 6.45) is 0. The maximum Gasteiger partial charge on any atom is 0.282 e. The highest BCUT2D eigenvalue weighted by molar-refractivity contribution is 7.99. The molecule has 0 aliphatic heterocycles. The van der Waals surface area contributed by atoms with Gasteiger partial charge in [-0.2, -0.15) is 11.8 Å². The van der Waals surface area contributed by atoms with Crippen molar-refractivity contribution in [2.24, 2.45) is 5.73 Å². The summed E-state index contributed by atoms with van der Waals surface area (Å²) < 4.78 is 27.3. The van der Waals surface area contributed by atoms with Gasteiger partial charge in [-0.1, -0.05) is 30.3 Å². The number of benzene rings is 1. The average molecular weight is 245 g/mol. The molecular weight excluding hydrogens is 228 g/mol. The molecule has 0 aliphatic rings. The molecule has 0 aliphatic carbocycles. The third-order valence-electron chi connectivity index (χ3n) is 1.95. The summed E-state index contributed by atoms with van der Waals surface area (Å²) in [7, 11) is 0. The van der Waals surface area contributed by atoms with E-state index in [-0.39, 0.29) is 11.3 Å². The van der Waals surface area contributed by atoms with Gasteiger partial charge < -0.3 is 5.73 Å². The second-order valence-corrected chi connectivity index (χ2v) is 5.54. The van der Waals surface area contributed by atoms with Crippen LogP contribution < -0.4 is 5.73 Å². The molecule has 0 heterocycles. The first-order valence-corrected chi connectivity index (χ1v) is 6.27. The zero-order valence-electron chi connectivity index (χ0n) is 9.54. The Balaban J connectivity index is 2.53. The first-order chi connectivity index (χ1) is 7.31. The summed E-state index contributed by atoms with van der Waals surface area (Å²) in [5.74, 6) is -2.48. The second-order valence-electron chi connectivity index (χ2n) is 4.55. The number of nitrogens with two attached hydrogens (primary N) is 1. The van der Waals surface area contributed by atoms with Crippen LogP contribution in [0.1, 0.15) is 19.4 Å². The molecule has 1 nitrogen and oxygen atoms in total. The van der Waals surface area contributed by atoms with Crippen molar-refractivity contribution in [1.82, 2.24) is 0 Å². The van der Waals surface area contributed by atoms with Crippen LogP contribution in [-0.4, -0.2) is 17.0 Å². The Labute approximate surface area is 99.4 Å². The molecule has 0 unspecified atom stereocenters. The fraction of sp³-hybridized carbons (Fsp3) is 0.500. The number of hydrogen-bond acceptors (Lipinski definition) is 2. The van der Waals surface area contributed by atoms with E-state index < -0.39 is 11.5 Å². The predicted molar refractivity (Wildman–Crippen MR) is 65.9 cm³/mol. The van der Waals surface area contributed by atoms with Crippen molar-refractivity contribution in [3.8, 4) is 0 Å². The lowest BCUT2D eigenvalue weighted by Crippen LogP contribution is -2.35. The zero-order chi connectivity index (χ0) is 12.2. The maximum absolute atomic E-state index is 13.7. The highest BCUT2D eigenvalue weighted by Crippen LogP contribution is 2.32. The van der Waals surface area contributed by atoms with Gasteiger partial charge in [0.15, 0.2) is 0 Å². The molecule has 1 rings (SSSR count). The Bertz CT molecular complexity index is 320. The van der Waals surface area contributed by atoms with Crippen LogP contribution in [0.3, 0.4) is 0 Å². The van der Waals surface area contributed by atoms with Gasteiger partial charge in [-0.05, 0) is 13.8 Å². The Morgan fingerprint density at radius 3 is 2.19 bits per heavy atom. The fourth-order valence-corrected chi connectivity index (χ4v) is 2.26. The van der Waals surface area contributed by atoms with Gasteiger partial charge in [-0.3, -0.25) is 0 Å². The summed E-state index contributed by atoms with van der Waals surface area (Å²) >= 11 is 1.19. The minimum atomic E-state index is -2.78. The highest BCUT2D eigenvalue weighted by atomic mass is 32.2. The minimum absolute atomic E-state index is 0.0670. The van der Waals surface area contributed by atoms with Crippen LogP contribution in [0.25, 0.3) is 0 Å². The number of rotatable bonds is 5. The van der Waals surface area contributed by atoms with Crippen LogP contribution in [0.2, 0.25) is 0 Å². The highest BCUT2D eigenvalue weighted by Gasteiger charge is 2.31. The molecule has 2 N–H and O–H groups in total. The van der Waals surface area contributed by atoms with E-state index in [0.717, 1.165) is 0 Å². The van der Waals surface area contributed by atoms with E-state index in [2.05, 4.69) is 0 Å². The number of thioether (sulfide) groups is 1. The van der Waals surface area contributed by atoms with E-state index in [1.165, 1.54) is 23.9 Å².